The minimum absolute atomic E-state index is 0.0567. The third kappa shape index (κ3) is 3.33. The third-order valence-corrected chi connectivity index (χ3v) is 4.60. The molecule has 0 aliphatic carbocycles. The van der Waals surface area contributed by atoms with E-state index in [1.165, 1.54) is 18.3 Å². The molecular weight excluding hydrogens is 330 g/mol. The topological polar surface area (TPSA) is 56.3 Å². The fourth-order valence-corrected chi connectivity index (χ4v) is 2.52. The Bertz CT molecular complexity index is 696. The lowest BCUT2D eigenvalue weighted by molar-refractivity contribution is 0.475. The summed E-state index contributed by atoms with van der Waals surface area (Å²) in [5, 5.41) is 0. The Labute approximate surface area is 120 Å². The molecule has 19 heavy (non-hydrogen) atoms. The van der Waals surface area contributed by atoms with E-state index in [0.717, 1.165) is 15.6 Å². The van der Waals surface area contributed by atoms with Crippen LogP contribution in [0.5, 0.6) is 5.88 Å². The second-order valence-electron chi connectivity index (χ2n) is 4.12. The van der Waals surface area contributed by atoms with E-state index < -0.39 is 10.1 Å². The zero-order valence-corrected chi connectivity index (χ0v) is 12.8. The second kappa shape index (κ2) is 5.30. The predicted molar refractivity (Wildman–Crippen MR) is 75.7 cm³/mol. The number of pyridine rings is 1. The number of hydrogen-bond acceptors (Lipinski definition) is 4. The van der Waals surface area contributed by atoms with Crippen LogP contribution in [0.4, 0.5) is 0 Å². The van der Waals surface area contributed by atoms with Gasteiger partial charge in [-0.25, -0.2) is 4.98 Å². The van der Waals surface area contributed by atoms with Crippen LogP contribution < -0.4 is 4.18 Å². The highest BCUT2D eigenvalue weighted by atomic mass is 79.9. The van der Waals surface area contributed by atoms with Crippen molar-refractivity contribution in [2.24, 2.45) is 0 Å². The van der Waals surface area contributed by atoms with Gasteiger partial charge in [-0.3, -0.25) is 0 Å². The first-order chi connectivity index (χ1) is 8.88. The van der Waals surface area contributed by atoms with Crippen LogP contribution in [0.25, 0.3) is 0 Å². The summed E-state index contributed by atoms with van der Waals surface area (Å²) in [4.78, 5) is 4.03. The normalized spacial score (nSPS) is 11.3. The van der Waals surface area contributed by atoms with Gasteiger partial charge >= 0.3 is 10.1 Å². The summed E-state index contributed by atoms with van der Waals surface area (Å²) in [6.45, 7) is 3.72. The van der Waals surface area contributed by atoms with Gasteiger partial charge in [0.15, 0.2) is 0 Å². The first kappa shape index (κ1) is 14.0. The number of aromatic nitrogens is 1. The number of hydrogen-bond donors (Lipinski definition) is 0. The molecule has 1 heterocycles. The van der Waals surface area contributed by atoms with E-state index in [0.29, 0.717) is 0 Å². The highest BCUT2D eigenvalue weighted by Gasteiger charge is 2.17. The van der Waals surface area contributed by atoms with Crippen molar-refractivity contribution in [1.82, 2.24) is 4.98 Å². The van der Waals surface area contributed by atoms with Crippen LogP contribution in [0.15, 0.2) is 45.9 Å². The summed E-state index contributed by atoms with van der Waals surface area (Å²) in [6.07, 6.45) is 1.51. The fraction of sp³-hybridized carbons (Fsp3) is 0.154. The molecule has 4 nitrogen and oxygen atoms in total. The highest BCUT2D eigenvalue weighted by molar-refractivity contribution is 9.10. The van der Waals surface area contributed by atoms with Gasteiger partial charge in [-0.15, -0.1) is 0 Å². The molecule has 0 aliphatic rings. The van der Waals surface area contributed by atoms with E-state index >= 15 is 0 Å². The lowest BCUT2D eigenvalue weighted by Gasteiger charge is -2.07. The summed E-state index contributed by atoms with van der Waals surface area (Å²) in [5.74, 6) is 0.0567. The Balaban J connectivity index is 2.30. The number of rotatable bonds is 3. The standard InChI is InChI=1S/C13H12BrNO3S/c1-9-3-5-11(6-4-9)19(16,17)18-13-7-10(2)12(14)8-15-13/h3-8H,1-2H3. The van der Waals surface area contributed by atoms with Crippen LogP contribution in [0.2, 0.25) is 0 Å². The molecule has 0 unspecified atom stereocenters. The molecule has 2 rings (SSSR count). The highest BCUT2D eigenvalue weighted by Crippen LogP contribution is 2.22. The number of nitrogens with zero attached hydrogens (tertiary/aromatic N) is 1. The summed E-state index contributed by atoms with van der Waals surface area (Å²) < 4.78 is 29.9. The largest absolute Gasteiger partial charge is 0.358 e. The molecule has 0 saturated carbocycles. The van der Waals surface area contributed by atoms with Crippen molar-refractivity contribution >= 4 is 26.0 Å². The zero-order chi connectivity index (χ0) is 14.0. The SMILES string of the molecule is Cc1ccc(S(=O)(=O)Oc2cc(C)c(Br)cn2)cc1. The number of benzene rings is 1. The molecule has 0 atom stereocenters. The van der Waals surface area contributed by atoms with Crippen LogP contribution in [0.1, 0.15) is 11.1 Å². The summed E-state index contributed by atoms with van der Waals surface area (Å²) >= 11 is 3.29. The Morgan fingerprint density at radius 3 is 2.37 bits per heavy atom. The molecule has 0 spiro atoms. The molecular formula is C13H12BrNO3S. The number of aryl methyl sites for hydroxylation is 2. The van der Waals surface area contributed by atoms with Crippen LogP contribution in [-0.2, 0) is 10.1 Å². The van der Waals surface area contributed by atoms with E-state index in [4.69, 9.17) is 4.18 Å². The molecule has 0 aliphatic heterocycles. The van der Waals surface area contributed by atoms with Gasteiger partial charge in [-0.05, 0) is 47.5 Å². The van der Waals surface area contributed by atoms with Crippen molar-refractivity contribution in [3.63, 3.8) is 0 Å². The monoisotopic (exact) mass is 341 g/mol. The molecule has 1 aromatic heterocycles. The summed E-state index contributed by atoms with van der Waals surface area (Å²) in [7, 11) is -3.84. The van der Waals surface area contributed by atoms with Crippen molar-refractivity contribution in [3.05, 3.63) is 52.1 Å². The van der Waals surface area contributed by atoms with Crippen LogP contribution in [-0.4, -0.2) is 13.4 Å². The van der Waals surface area contributed by atoms with Crippen LogP contribution >= 0.6 is 15.9 Å². The fourth-order valence-electron chi connectivity index (χ4n) is 1.42. The Morgan fingerprint density at radius 1 is 1.16 bits per heavy atom. The van der Waals surface area contributed by atoms with Gasteiger partial charge in [-0.1, -0.05) is 17.7 Å². The maximum Gasteiger partial charge on any atom is 0.340 e. The van der Waals surface area contributed by atoms with Gasteiger partial charge in [0, 0.05) is 16.7 Å². The minimum atomic E-state index is -3.84. The van der Waals surface area contributed by atoms with Gasteiger partial charge < -0.3 is 4.18 Å². The molecule has 2 aromatic rings. The lowest BCUT2D eigenvalue weighted by atomic mass is 10.2. The van der Waals surface area contributed by atoms with Gasteiger partial charge in [0.25, 0.3) is 0 Å². The maximum absolute atomic E-state index is 12.0. The van der Waals surface area contributed by atoms with Crippen LogP contribution in [0, 0.1) is 13.8 Å². The average Bonchev–Trinajstić information content (AvgIpc) is 2.34. The maximum atomic E-state index is 12.0. The van der Waals surface area contributed by atoms with Gasteiger partial charge in [0.1, 0.15) is 4.90 Å². The first-order valence-electron chi connectivity index (χ1n) is 5.52. The van der Waals surface area contributed by atoms with Gasteiger partial charge in [0.05, 0.1) is 0 Å². The molecule has 100 valence electrons. The van der Waals surface area contributed by atoms with Crippen LogP contribution in [0.3, 0.4) is 0 Å². The Hall–Kier alpha value is -1.40. The smallest absolute Gasteiger partial charge is 0.340 e. The second-order valence-corrected chi connectivity index (χ2v) is 6.52. The molecule has 0 fully saturated rings. The molecule has 1 aromatic carbocycles. The minimum Gasteiger partial charge on any atom is -0.358 e. The quantitative estimate of drug-likeness (QED) is 0.804. The van der Waals surface area contributed by atoms with E-state index in [-0.39, 0.29) is 10.8 Å². The third-order valence-electron chi connectivity index (χ3n) is 2.53. The zero-order valence-electron chi connectivity index (χ0n) is 10.4. The predicted octanol–water partition coefficient (Wildman–Crippen LogP) is 3.23. The molecule has 0 radical (unpaired) electrons. The van der Waals surface area contributed by atoms with Crippen molar-refractivity contribution in [1.29, 1.82) is 0 Å². The van der Waals surface area contributed by atoms with Crippen molar-refractivity contribution < 1.29 is 12.6 Å². The Kier molecular flexibility index (Phi) is 3.91. The Morgan fingerprint density at radius 2 is 1.79 bits per heavy atom. The average molecular weight is 342 g/mol. The van der Waals surface area contributed by atoms with Crippen molar-refractivity contribution in [3.8, 4) is 5.88 Å². The molecule has 0 bridgehead atoms. The van der Waals surface area contributed by atoms with Gasteiger partial charge in [-0.2, -0.15) is 8.42 Å². The number of halogens is 1. The summed E-state index contributed by atoms with van der Waals surface area (Å²) in [6, 6.07) is 8.02. The first-order valence-corrected chi connectivity index (χ1v) is 7.72. The van der Waals surface area contributed by atoms with E-state index in [1.807, 2.05) is 13.8 Å². The van der Waals surface area contributed by atoms with Crippen molar-refractivity contribution in [2.75, 3.05) is 0 Å². The van der Waals surface area contributed by atoms with Gasteiger partial charge in [0.2, 0.25) is 5.88 Å². The van der Waals surface area contributed by atoms with E-state index in [9.17, 15) is 8.42 Å². The molecule has 0 amide bonds. The van der Waals surface area contributed by atoms with E-state index in [2.05, 4.69) is 20.9 Å². The van der Waals surface area contributed by atoms with Crippen molar-refractivity contribution in [2.45, 2.75) is 18.7 Å². The molecule has 0 N–H and O–H groups in total. The molecule has 0 saturated heterocycles. The lowest BCUT2D eigenvalue weighted by Crippen LogP contribution is -2.10. The molecule has 6 heteroatoms. The van der Waals surface area contributed by atoms with E-state index in [1.54, 1.807) is 18.2 Å². The summed E-state index contributed by atoms with van der Waals surface area (Å²) in [5.41, 5.74) is 1.83.